The summed E-state index contributed by atoms with van der Waals surface area (Å²) in [6.45, 7) is 14.3. The van der Waals surface area contributed by atoms with Crippen LogP contribution in [0.3, 0.4) is 0 Å². The lowest BCUT2D eigenvalue weighted by Crippen LogP contribution is -2.59. The molecule has 4 N–H and O–H groups in total. The van der Waals surface area contributed by atoms with Gasteiger partial charge in [0.05, 0.1) is 24.0 Å². The maximum absolute atomic E-state index is 14.3. The number of esters is 1. The van der Waals surface area contributed by atoms with Crippen molar-refractivity contribution in [2.24, 2.45) is 17.8 Å². The van der Waals surface area contributed by atoms with E-state index in [1.54, 1.807) is 30.5 Å². The number of methoxy groups -OCH3 is 1. The van der Waals surface area contributed by atoms with Gasteiger partial charge in [-0.05, 0) is 105 Å². The number of likely N-dealkylation sites (N-methyl/N-ethyl adjacent to an activating group) is 1. The summed E-state index contributed by atoms with van der Waals surface area (Å²) in [5, 5.41) is 21.9. The molecule has 60 heavy (non-hydrogen) atoms. The number of nitrogens with two attached hydrogens (primary N) is 1. The number of carbonyl (C=O) groups is 3. The number of ketones is 1. The number of hydrogen-bond donors (Lipinski definition) is 3. The summed E-state index contributed by atoms with van der Waals surface area (Å²) in [6.07, 6.45) is 0.487. The van der Waals surface area contributed by atoms with Gasteiger partial charge in [0.1, 0.15) is 23.8 Å². The molecule has 13 atom stereocenters. The number of hydrogen-bond acceptors (Lipinski definition) is 14. The fourth-order valence-corrected chi connectivity index (χ4v) is 9.73. The third kappa shape index (κ3) is 10.6. The molecule has 2 aromatic rings. The molecule has 4 heterocycles. The minimum Gasteiger partial charge on any atom is -0.456 e. The first kappa shape index (κ1) is 47.7. The highest BCUT2D eigenvalue weighted by molar-refractivity contribution is 6.25. The van der Waals surface area contributed by atoms with E-state index in [-0.39, 0.29) is 24.5 Å². The lowest BCUT2D eigenvalue weighted by atomic mass is 9.78. The molecule has 0 saturated carbocycles. The fraction of sp³-hybridized carbons (Fsp3) is 0.744. The number of amides is 1. The highest BCUT2D eigenvalue weighted by atomic mass is 35.5. The molecule has 1 aromatic heterocycles. The van der Waals surface area contributed by atoms with Gasteiger partial charge in [-0.3, -0.25) is 19.2 Å². The third-order valence-electron chi connectivity index (χ3n) is 12.6. The molecule has 5 rings (SSSR count). The van der Waals surface area contributed by atoms with Crippen LogP contribution in [0.25, 0.3) is 11.3 Å². The van der Waals surface area contributed by atoms with Crippen molar-refractivity contribution < 1.29 is 43.2 Å². The number of alkyl halides is 1. The summed E-state index contributed by atoms with van der Waals surface area (Å²) < 4.78 is 32.9. The Hall–Kier alpha value is -3.38. The van der Waals surface area contributed by atoms with Crippen LogP contribution in [0.2, 0.25) is 0 Å². The smallest absolute Gasteiger partial charge is 0.412 e. The minimum atomic E-state index is -1.75. The van der Waals surface area contributed by atoms with Gasteiger partial charge >= 0.3 is 12.1 Å². The molecule has 0 bridgehead atoms. The number of ether oxygens (including phenoxy) is 5. The Morgan fingerprint density at radius 2 is 1.82 bits per heavy atom. The normalized spacial score (nSPS) is 36.0. The Bertz CT molecular complexity index is 1770. The summed E-state index contributed by atoms with van der Waals surface area (Å²) in [6, 6.07) is 6.11. The number of nitrogen functional groups attached to an aromatic ring is 1. The molecule has 3 saturated heterocycles. The fourth-order valence-electron chi connectivity index (χ4n) is 9.16. The first-order chi connectivity index (χ1) is 28.3. The summed E-state index contributed by atoms with van der Waals surface area (Å²) in [5.74, 6) is -3.40. The molecule has 0 radical (unpaired) electrons. The minimum absolute atomic E-state index is 0.0494. The van der Waals surface area contributed by atoms with E-state index in [1.807, 2.05) is 70.2 Å². The molecule has 2 unspecified atom stereocenters. The van der Waals surface area contributed by atoms with Gasteiger partial charge in [-0.15, -0.1) is 5.10 Å². The lowest BCUT2D eigenvalue weighted by Gasteiger charge is -2.46. The van der Waals surface area contributed by atoms with E-state index in [4.69, 9.17) is 41.0 Å². The van der Waals surface area contributed by atoms with Gasteiger partial charge in [0.15, 0.2) is 18.2 Å². The average Bonchev–Trinajstić information content (AvgIpc) is 3.78. The van der Waals surface area contributed by atoms with Crippen LogP contribution in [0.4, 0.5) is 10.5 Å². The first-order valence-electron chi connectivity index (χ1n) is 21.5. The monoisotopic (exact) mass is 861 g/mol. The Morgan fingerprint density at radius 3 is 2.48 bits per heavy atom. The molecule has 1 amide bonds. The van der Waals surface area contributed by atoms with Crippen molar-refractivity contribution in [1.82, 2.24) is 30.1 Å². The lowest BCUT2D eigenvalue weighted by molar-refractivity contribution is -0.295. The number of fused-ring (bicyclic) bond motifs is 1. The number of anilines is 1. The van der Waals surface area contributed by atoms with Gasteiger partial charge in [0.2, 0.25) is 5.06 Å². The Labute approximate surface area is 360 Å². The summed E-state index contributed by atoms with van der Waals surface area (Å²) in [7, 11) is 5.36. The standard InChI is InChI=1S/C43H68ClN7O9/c1-11-34-43(44)37(51(41(55)60-43)19-14-12-13-18-50-24-32(47-48-50)30-16-15-17-31(45)21-30)29(6)46-23-25(2)22-42(7,56-10)38(27(4)35(52)28(5)39(54)58-34)59-40-36(53)33(49(8)9)20-26(3)57-40/h15-17,21,24-29,33-34,36-38,40,46,53H,11-14,18-20,22-23,45H2,1-10H3/t25-,26-,27+,28-,29-,33?,34-,36?,37-,38-,40+,42-,43-/m1/s1. The van der Waals surface area contributed by atoms with E-state index in [0.717, 1.165) is 24.1 Å². The van der Waals surface area contributed by atoms with Crippen LogP contribution in [-0.2, 0) is 39.8 Å². The van der Waals surface area contributed by atoms with Gasteiger partial charge < -0.3 is 44.7 Å². The number of aromatic nitrogens is 3. The first-order valence-corrected chi connectivity index (χ1v) is 21.8. The predicted molar refractivity (Wildman–Crippen MR) is 227 cm³/mol. The number of unbranched alkanes of at least 4 members (excludes halogenated alkanes) is 2. The van der Waals surface area contributed by atoms with Crippen LogP contribution in [-0.4, -0.2) is 142 Å². The maximum Gasteiger partial charge on any atom is 0.412 e. The number of aryl methyl sites for hydroxylation is 1. The number of carbonyl (C=O) groups excluding carboxylic acids is 3. The SMILES string of the molecule is CC[C@H]1OC(=O)[C@H](C)C(=O)[C@H](C)[C@@H](O[C@@H]2O[C@H](C)CC(N(C)C)C2O)[C@](C)(OC)C[C@@H](C)CN[C@H](C)[C@H]2N(CCCCCn3cc(-c4cccc(N)c4)nn3)C(=O)O[C@]12Cl. The van der Waals surface area contributed by atoms with Crippen molar-refractivity contribution in [3.63, 3.8) is 0 Å². The van der Waals surface area contributed by atoms with Crippen LogP contribution in [0.15, 0.2) is 30.5 Å². The van der Waals surface area contributed by atoms with E-state index >= 15 is 0 Å². The Kier molecular flexibility index (Phi) is 16.1. The molecule has 3 fully saturated rings. The topological polar surface area (TPSA) is 193 Å². The zero-order valence-corrected chi connectivity index (χ0v) is 37.8. The van der Waals surface area contributed by atoms with Crippen molar-refractivity contribution in [3.05, 3.63) is 30.5 Å². The van der Waals surface area contributed by atoms with Crippen LogP contribution in [0, 0.1) is 17.8 Å². The van der Waals surface area contributed by atoms with Gasteiger partial charge in [0.25, 0.3) is 0 Å². The number of nitrogens with one attached hydrogen (secondary N) is 1. The van der Waals surface area contributed by atoms with Crippen molar-refractivity contribution in [2.45, 2.75) is 153 Å². The van der Waals surface area contributed by atoms with Crippen LogP contribution >= 0.6 is 11.6 Å². The second kappa shape index (κ2) is 20.2. The van der Waals surface area contributed by atoms with Gasteiger partial charge in [-0.2, -0.15) is 0 Å². The molecule has 3 aliphatic heterocycles. The van der Waals surface area contributed by atoms with Crippen LogP contribution in [0.5, 0.6) is 0 Å². The van der Waals surface area contributed by atoms with E-state index < -0.39 is 77.0 Å². The zero-order valence-electron chi connectivity index (χ0n) is 37.0. The summed E-state index contributed by atoms with van der Waals surface area (Å²) in [4.78, 5) is 45.6. The largest absolute Gasteiger partial charge is 0.456 e. The van der Waals surface area contributed by atoms with Gasteiger partial charge in [0, 0.05) is 49.5 Å². The highest BCUT2D eigenvalue weighted by Gasteiger charge is 2.61. The van der Waals surface area contributed by atoms with Crippen molar-refractivity contribution in [1.29, 1.82) is 0 Å². The van der Waals surface area contributed by atoms with E-state index in [0.29, 0.717) is 44.6 Å². The molecular formula is C43H68ClN7O9. The molecule has 3 aliphatic rings. The van der Waals surface area contributed by atoms with Gasteiger partial charge in [-0.1, -0.05) is 49.7 Å². The van der Waals surface area contributed by atoms with E-state index in [2.05, 4.69) is 22.6 Å². The maximum atomic E-state index is 14.3. The summed E-state index contributed by atoms with van der Waals surface area (Å²) >= 11 is 7.39. The number of aliphatic hydroxyl groups excluding tert-OH is 1. The quantitative estimate of drug-likeness (QED) is 0.0863. The second-order valence-corrected chi connectivity index (χ2v) is 18.2. The van der Waals surface area contributed by atoms with Crippen molar-refractivity contribution in [3.8, 4) is 11.3 Å². The van der Waals surface area contributed by atoms with Crippen molar-refractivity contribution >= 4 is 35.1 Å². The van der Waals surface area contributed by atoms with Crippen LogP contribution in [0.1, 0.15) is 87.0 Å². The van der Waals surface area contributed by atoms with Crippen LogP contribution < -0.4 is 11.1 Å². The number of benzene rings is 1. The van der Waals surface area contributed by atoms with Crippen molar-refractivity contribution in [2.75, 3.05) is 40.0 Å². The molecule has 1 aromatic carbocycles. The number of nitrogens with zero attached hydrogens (tertiary/aromatic N) is 5. The number of aliphatic hydroxyl groups is 1. The third-order valence-corrected chi connectivity index (χ3v) is 13.2. The molecule has 16 nitrogen and oxygen atoms in total. The average molecular weight is 863 g/mol. The molecule has 0 spiro atoms. The van der Waals surface area contributed by atoms with Gasteiger partial charge in [-0.25, -0.2) is 4.79 Å². The second-order valence-electron chi connectivity index (χ2n) is 17.7. The number of Topliss-reactive ketones (excluding diaryl/α,β-unsaturated/α-hetero) is 1. The summed E-state index contributed by atoms with van der Waals surface area (Å²) in [5.41, 5.74) is 7.17. The van der Waals surface area contributed by atoms with E-state index in [9.17, 15) is 19.5 Å². The zero-order chi connectivity index (χ0) is 44.1. The van der Waals surface area contributed by atoms with E-state index in [1.165, 1.54) is 6.92 Å². The molecule has 17 heteroatoms. The number of cyclic esters (lactones) is 1. The molecule has 0 aliphatic carbocycles. The number of halogens is 1. The number of rotatable bonds is 12. The molecule has 336 valence electrons. The molecular weight excluding hydrogens is 794 g/mol. The Morgan fingerprint density at radius 1 is 1.10 bits per heavy atom. The predicted octanol–water partition coefficient (Wildman–Crippen LogP) is 4.85. The Balaban J connectivity index is 1.35. The highest BCUT2D eigenvalue weighted by Crippen LogP contribution is 2.42.